The van der Waals surface area contributed by atoms with Crippen molar-refractivity contribution in [1.82, 2.24) is 9.97 Å². The smallest absolute Gasteiger partial charge is 0.425 e. The number of benzene rings is 1. The maximum atomic E-state index is 14.6. The number of carbonyl (C=O) groups is 1. The van der Waals surface area contributed by atoms with Crippen LogP contribution in [0.25, 0.3) is 0 Å². The number of amidine groups is 1. The molecule has 0 fully saturated rings. The summed E-state index contributed by atoms with van der Waals surface area (Å²) in [6.07, 6.45) is -5.26. The average molecular weight is 465 g/mol. The minimum absolute atomic E-state index is 0.0634. The predicted molar refractivity (Wildman–Crippen MR) is 110 cm³/mol. The molecule has 2 atom stereocenters. The van der Waals surface area contributed by atoms with Crippen LogP contribution in [0.3, 0.4) is 0 Å². The lowest BCUT2D eigenvalue weighted by molar-refractivity contribution is -0.208. The van der Waals surface area contributed by atoms with Crippen LogP contribution in [-0.4, -0.2) is 40.8 Å². The predicted octanol–water partition coefficient (Wildman–Crippen LogP) is 3.15. The summed E-state index contributed by atoms with van der Waals surface area (Å²) in [5.74, 6) is 4.01. The van der Waals surface area contributed by atoms with Crippen LogP contribution in [-0.2, 0) is 10.3 Å². The SMILES string of the molecule is CC#CCOc1cnc(C(=O)Nc2ccc(F)c([C@]3(C)C[C@@H](C(F)(F)F)OC(N)=N3)c2)cn1. The van der Waals surface area contributed by atoms with Gasteiger partial charge < -0.3 is 20.5 Å². The summed E-state index contributed by atoms with van der Waals surface area (Å²) in [5.41, 5.74) is 3.62. The molecule has 0 bridgehead atoms. The van der Waals surface area contributed by atoms with Crippen molar-refractivity contribution in [2.24, 2.45) is 10.7 Å². The Hall–Kier alpha value is -3.88. The number of rotatable bonds is 5. The number of nitrogens with one attached hydrogen (secondary N) is 1. The van der Waals surface area contributed by atoms with Crippen LogP contribution in [0.2, 0.25) is 0 Å². The van der Waals surface area contributed by atoms with E-state index in [-0.39, 0.29) is 29.4 Å². The average Bonchev–Trinajstić information content (AvgIpc) is 2.74. The van der Waals surface area contributed by atoms with E-state index in [1.807, 2.05) is 0 Å². The molecule has 1 amide bonds. The fourth-order valence-electron chi connectivity index (χ4n) is 3.12. The molecule has 1 aromatic carbocycles. The second-order valence-corrected chi connectivity index (χ2v) is 7.18. The minimum atomic E-state index is -4.72. The zero-order valence-corrected chi connectivity index (χ0v) is 17.5. The molecule has 174 valence electrons. The molecule has 0 unspecified atom stereocenters. The Morgan fingerprint density at radius 2 is 2.12 bits per heavy atom. The molecule has 2 heterocycles. The highest BCUT2D eigenvalue weighted by Crippen LogP contribution is 2.41. The molecule has 0 saturated carbocycles. The lowest BCUT2D eigenvalue weighted by Gasteiger charge is -2.36. The first-order valence-corrected chi connectivity index (χ1v) is 9.56. The van der Waals surface area contributed by atoms with Gasteiger partial charge in [-0.1, -0.05) is 5.92 Å². The monoisotopic (exact) mass is 465 g/mol. The van der Waals surface area contributed by atoms with Crippen LogP contribution in [0.1, 0.15) is 36.3 Å². The molecule has 1 aromatic heterocycles. The van der Waals surface area contributed by atoms with E-state index < -0.39 is 42.0 Å². The van der Waals surface area contributed by atoms with E-state index in [1.54, 1.807) is 6.92 Å². The Morgan fingerprint density at radius 3 is 2.76 bits per heavy atom. The largest absolute Gasteiger partial charge is 0.463 e. The highest BCUT2D eigenvalue weighted by molar-refractivity contribution is 6.02. The Morgan fingerprint density at radius 1 is 1.36 bits per heavy atom. The molecule has 2 aromatic rings. The van der Waals surface area contributed by atoms with E-state index in [0.29, 0.717) is 0 Å². The first kappa shape index (κ1) is 23.8. The van der Waals surface area contributed by atoms with Crippen LogP contribution in [0.5, 0.6) is 5.88 Å². The van der Waals surface area contributed by atoms with Crippen LogP contribution in [0.15, 0.2) is 35.6 Å². The van der Waals surface area contributed by atoms with Crippen molar-refractivity contribution in [3.8, 4) is 17.7 Å². The van der Waals surface area contributed by atoms with Gasteiger partial charge in [-0.05, 0) is 32.0 Å². The van der Waals surface area contributed by atoms with Crippen molar-refractivity contribution >= 4 is 17.6 Å². The normalized spacial score (nSPS) is 20.1. The van der Waals surface area contributed by atoms with E-state index in [4.69, 9.17) is 10.5 Å². The topological polar surface area (TPSA) is 112 Å². The number of hydrogen-bond acceptors (Lipinski definition) is 7. The molecule has 1 aliphatic heterocycles. The highest BCUT2D eigenvalue weighted by atomic mass is 19.4. The number of nitrogens with zero attached hydrogens (tertiary/aromatic N) is 3. The molecule has 33 heavy (non-hydrogen) atoms. The third-order valence-corrected chi connectivity index (χ3v) is 4.70. The van der Waals surface area contributed by atoms with Gasteiger partial charge in [0.05, 0.1) is 17.9 Å². The molecule has 3 rings (SSSR count). The minimum Gasteiger partial charge on any atom is -0.463 e. The maximum absolute atomic E-state index is 14.6. The van der Waals surface area contributed by atoms with Crippen molar-refractivity contribution in [1.29, 1.82) is 0 Å². The van der Waals surface area contributed by atoms with Gasteiger partial charge in [-0.3, -0.25) is 4.79 Å². The zero-order chi connectivity index (χ0) is 24.2. The number of ether oxygens (including phenoxy) is 2. The summed E-state index contributed by atoms with van der Waals surface area (Å²) >= 11 is 0. The first-order chi connectivity index (χ1) is 15.5. The van der Waals surface area contributed by atoms with Crippen molar-refractivity contribution in [2.75, 3.05) is 11.9 Å². The Bertz CT molecular complexity index is 1130. The Kier molecular flexibility index (Phi) is 6.71. The molecule has 0 saturated heterocycles. The molecule has 0 radical (unpaired) electrons. The molecule has 3 N–H and O–H groups in total. The number of hydrogen-bond donors (Lipinski definition) is 2. The Balaban J connectivity index is 1.80. The molecule has 0 spiro atoms. The summed E-state index contributed by atoms with van der Waals surface area (Å²) in [7, 11) is 0. The number of carbonyl (C=O) groups excluding carboxylic acids is 1. The summed E-state index contributed by atoms with van der Waals surface area (Å²) in [6.45, 7) is 3.07. The summed E-state index contributed by atoms with van der Waals surface area (Å²) in [5, 5.41) is 2.50. The first-order valence-electron chi connectivity index (χ1n) is 9.56. The van der Waals surface area contributed by atoms with Crippen molar-refractivity contribution in [3.05, 3.63) is 47.7 Å². The van der Waals surface area contributed by atoms with Crippen LogP contribution in [0.4, 0.5) is 23.2 Å². The quantitative estimate of drug-likeness (QED) is 0.518. The van der Waals surface area contributed by atoms with Crippen molar-refractivity contribution in [2.45, 2.75) is 38.1 Å². The van der Waals surface area contributed by atoms with Gasteiger partial charge in [0.2, 0.25) is 5.88 Å². The van der Waals surface area contributed by atoms with Gasteiger partial charge in [0.1, 0.15) is 11.5 Å². The van der Waals surface area contributed by atoms with E-state index >= 15 is 0 Å². The number of anilines is 1. The van der Waals surface area contributed by atoms with Gasteiger partial charge in [-0.25, -0.2) is 19.4 Å². The van der Waals surface area contributed by atoms with Gasteiger partial charge in [0.25, 0.3) is 11.9 Å². The summed E-state index contributed by atoms with van der Waals surface area (Å²) < 4.78 is 64.0. The maximum Gasteiger partial charge on any atom is 0.425 e. The van der Waals surface area contributed by atoms with Gasteiger partial charge in [-0.15, -0.1) is 5.92 Å². The van der Waals surface area contributed by atoms with Gasteiger partial charge in [0.15, 0.2) is 12.7 Å². The van der Waals surface area contributed by atoms with E-state index in [2.05, 4.69) is 36.9 Å². The standard InChI is InChI=1S/C21H19F4N5O3/c1-3-4-7-32-17-11-27-15(10-28-17)18(31)29-12-5-6-14(22)13(8-12)20(2)9-16(21(23,24)25)33-19(26)30-20/h5-6,8,10-11,16H,7,9H2,1-2H3,(H2,26,30)(H,29,31)/t16-,20-/m0/s1. The molecule has 12 heteroatoms. The molecular weight excluding hydrogens is 446 g/mol. The van der Waals surface area contributed by atoms with Crippen molar-refractivity contribution in [3.63, 3.8) is 0 Å². The number of aliphatic imine (C=N–C) groups is 1. The van der Waals surface area contributed by atoms with Gasteiger partial charge in [-0.2, -0.15) is 13.2 Å². The molecule has 1 aliphatic rings. The third-order valence-electron chi connectivity index (χ3n) is 4.70. The molecular formula is C21H19F4N5O3. The molecule has 8 nitrogen and oxygen atoms in total. The second kappa shape index (κ2) is 9.32. The fourth-order valence-corrected chi connectivity index (χ4v) is 3.12. The van der Waals surface area contributed by atoms with Crippen molar-refractivity contribution < 1.29 is 31.8 Å². The van der Waals surface area contributed by atoms with E-state index in [0.717, 1.165) is 6.07 Å². The van der Waals surface area contributed by atoms with Gasteiger partial charge >= 0.3 is 6.18 Å². The van der Waals surface area contributed by atoms with Gasteiger partial charge in [0, 0.05) is 17.7 Å². The number of alkyl halides is 3. The lowest BCUT2D eigenvalue weighted by Crippen LogP contribution is -2.46. The van der Waals surface area contributed by atoms with E-state index in [1.165, 1.54) is 31.5 Å². The van der Waals surface area contributed by atoms with Crippen LogP contribution < -0.4 is 15.8 Å². The summed E-state index contributed by atoms with van der Waals surface area (Å²) in [6, 6.07) is 2.75. The number of aromatic nitrogens is 2. The fraction of sp³-hybridized carbons (Fsp3) is 0.333. The highest BCUT2D eigenvalue weighted by Gasteiger charge is 2.50. The molecule has 0 aliphatic carbocycles. The number of halogens is 4. The third kappa shape index (κ3) is 5.68. The van der Waals surface area contributed by atoms with E-state index in [9.17, 15) is 22.4 Å². The number of nitrogens with two attached hydrogens (primary N) is 1. The second-order valence-electron chi connectivity index (χ2n) is 7.18. The van der Waals surface area contributed by atoms with Crippen LogP contribution >= 0.6 is 0 Å². The lowest BCUT2D eigenvalue weighted by atomic mass is 9.85. The summed E-state index contributed by atoms with van der Waals surface area (Å²) in [4.78, 5) is 24.3. The Labute approximate surface area is 186 Å². The number of amides is 1. The van der Waals surface area contributed by atoms with Crippen LogP contribution in [0, 0.1) is 17.7 Å². The zero-order valence-electron chi connectivity index (χ0n) is 17.5.